The van der Waals surface area contributed by atoms with Crippen LogP contribution >= 0.6 is 0 Å². The minimum atomic E-state index is 0.248. The fourth-order valence-corrected chi connectivity index (χ4v) is 3.78. The topological polar surface area (TPSA) is 89.2 Å². The lowest BCUT2D eigenvalue weighted by atomic mass is 10.1. The van der Waals surface area contributed by atoms with Gasteiger partial charge in [0, 0.05) is 18.3 Å². The van der Waals surface area contributed by atoms with Crippen LogP contribution in [0.5, 0.6) is 0 Å². The molecule has 2 aromatic rings. The minimum absolute atomic E-state index is 0.248. The summed E-state index contributed by atoms with van der Waals surface area (Å²) in [5.41, 5.74) is 8.02. The van der Waals surface area contributed by atoms with E-state index < -0.39 is 0 Å². The van der Waals surface area contributed by atoms with Crippen molar-refractivity contribution in [1.82, 2.24) is 19.9 Å². The minimum Gasteiger partial charge on any atom is -0.375 e. The number of rotatable bonds is 4. The van der Waals surface area contributed by atoms with Gasteiger partial charge in [-0.3, -0.25) is 4.90 Å². The van der Waals surface area contributed by atoms with Gasteiger partial charge in [-0.15, -0.1) is 0 Å². The number of hydrogen-bond donors (Lipinski definition) is 2. The number of nitrogens with one attached hydrogen (secondary N) is 1. The van der Waals surface area contributed by atoms with Crippen molar-refractivity contribution in [3.05, 3.63) is 35.7 Å². The standard InChI is InChI=1S/C18H24N6O/c1-12-5-2-3-6-13(12)20-18-22-16(21-17(19)23-18)11-24-9-10-25-15-8-4-7-14(15)24/h2-3,5-6,14-15H,4,7-11H2,1H3,(H3,19,20,21,22,23)/t14-,15-/m1/s1. The third-order valence-corrected chi connectivity index (χ3v) is 5.03. The molecule has 2 heterocycles. The molecule has 0 spiro atoms. The number of ether oxygens (including phenoxy) is 1. The Labute approximate surface area is 147 Å². The van der Waals surface area contributed by atoms with Crippen LogP contribution in [0.4, 0.5) is 17.6 Å². The summed E-state index contributed by atoms with van der Waals surface area (Å²) in [6.45, 7) is 4.41. The molecule has 4 rings (SSSR count). The Hall–Kier alpha value is -2.25. The van der Waals surface area contributed by atoms with Crippen molar-refractivity contribution in [3.8, 4) is 0 Å². The van der Waals surface area contributed by atoms with Crippen molar-refractivity contribution >= 4 is 17.6 Å². The highest BCUT2D eigenvalue weighted by atomic mass is 16.5. The maximum absolute atomic E-state index is 5.92. The number of fused-ring (bicyclic) bond motifs is 1. The number of aromatic nitrogens is 3. The van der Waals surface area contributed by atoms with Gasteiger partial charge in [0.1, 0.15) is 5.82 Å². The zero-order chi connectivity index (χ0) is 17.2. The average Bonchev–Trinajstić information content (AvgIpc) is 3.06. The third-order valence-electron chi connectivity index (χ3n) is 5.03. The summed E-state index contributed by atoms with van der Waals surface area (Å²) in [7, 11) is 0. The van der Waals surface area contributed by atoms with Crippen LogP contribution < -0.4 is 11.1 Å². The third kappa shape index (κ3) is 3.57. The number of para-hydroxylation sites is 1. The lowest BCUT2D eigenvalue weighted by molar-refractivity contribution is -0.0596. The highest BCUT2D eigenvalue weighted by Gasteiger charge is 2.36. The molecule has 2 fully saturated rings. The molecule has 3 N–H and O–H groups in total. The molecule has 2 atom stereocenters. The number of benzene rings is 1. The van der Waals surface area contributed by atoms with Gasteiger partial charge >= 0.3 is 0 Å². The number of aryl methyl sites for hydroxylation is 1. The van der Waals surface area contributed by atoms with Crippen molar-refractivity contribution in [2.24, 2.45) is 0 Å². The Bertz CT molecular complexity index is 752. The molecule has 2 aliphatic rings. The van der Waals surface area contributed by atoms with Crippen molar-refractivity contribution in [2.75, 3.05) is 24.2 Å². The maximum atomic E-state index is 5.92. The van der Waals surface area contributed by atoms with Crippen LogP contribution in [0.15, 0.2) is 24.3 Å². The lowest BCUT2D eigenvalue weighted by Crippen LogP contribution is -2.48. The summed E-state index contributed by atoms with van der Waals surface area (Å²) in [6.07, 6.45) is 3.92. The van der Waals surface area contributed by atoms with Gasteiger partial charge in [-0.2, -0.15) is 15.0 Å². The summed E-state index contributed by atoms with van der Waals surface area (Å²) in [6, 6.07) is 8.50. The van der Waals surface area contributed by atoms with Crippen molar-refractivity contribution in [1.29, 1.82) is 0 Å². The number of nitrogens with zero attached hydrogens (tertiary/aromatic N) is 4. The van der Waals surface area contributed by atoms with Gasteiger partial charge in [0.15, 0.2) is 0 Å². The predicted octanol–water partition coefficient (Wildman–Crippen LogP) is 2.26. The van der Waals surface area contributed by atoms with Gasteiger partial charge in [0.05, 0.1) is 19.3 Å². The number of morpholine rings is 1. The van der Waals surface area contributed by atoms with Crippen molar-refractivity contribution in [3.63, 3.8) is 0 Å². The van der Waals surface area contributed by atoms with Gasteiger partial charge < -0.3 is 15.8 Å². The first-order valence-corrected chi connectivity index (χ1v) is 8.88. The zero-order valence-electron chi connectivity index (χ0n) is 14.5. The second-order valence-electron chi connectivity index (χ2n) is 6.75. The number of anilines is 3. The van der Waals surface area contributed by atoms with E-state index in [9.17, 15) is 0 Å². The number of hydrogen-bond acceptors (Lipinski definition) is 7. The SMILES string of the molecule is Cc1ccccc1Nc1nc(N)nc(CN2CCO[C@@H]3CCC[C@H]32)n1. The Morgan fingerprint density at radius 2 is 2.12 bits per heavy atom. The quantitative estimate of drug-likeness (QED) is 0.882. The fourth-order valence-electron chi connectivity index (χ4n) is 3.78. The van der Waals surface area contributed by atoms with Crippen molar-refractivity contribution in [2.45, 2.75) is 44.9 Å². The van der Waals surface area contributed by atoms with Crippen LogP contribution in [0.3, 0.4) is 0 Å². The van der Waals surface area contributed by atoms with E-state index in [0.29, 0.717) is 30.5 Å². The molecule has 1 aromatic heterocycles. The molecular weight excluding hydrogens is 316 g/mol. The smallest absolute Gasteiger partial charge is 0.232 e. The van der Waals surface area contributed by atoms with Crippen LogP contribution in [-0.2, 0) is 11.3 Å². The monoisotopic (exact) mass is 340 g/mol. The first kappa shape index (κ1) is 16.2. The van der Waals surface area contributed by atoms with Gasteiger partial charge in [-0.25, -0.2) is 0 Å². The zero-order valence-corrected chi connectivity index (χ0v) is 14.5. The normalized spacial score (nSPS) is 23.4. The molecular formula is C18H24N6O. The average molecular weight is 340 g/mol. The van der Waals surface area contributed by atoms with Gasteiger partial charge in [-0.05, 0) is 37.8 Å². The molecule has 7 heteroatoms. The van der Waals surface area contributed by atoms with E-state index in [0.717, 1.165) is 30.8 Å². The van der Waals surface area contributed by atoms with E-state index >= 15 is 0 Å². The van der Waals surface area contributed by atoms with Crippen LogP contribution in [0.2, 0.25) is 0 Å². The van der Waals surface area contributed by atoms with E-state index in [4.69, 9.17) is 10.5 Å². The molecule has 25 heavy (non-hydrogen) atoms. The van der Waals surface area contributed by atoms with Crippen LogP contribution in [0, 0.1) is 6.92 Å². The Balaban J connectivity index is 1.52. The Morgan fingerprint density at radius 3 is 3.00 bits per heavy atom. The van der Waals surface area contributed by atoms with Crippen LogP contribution in [0.1, 0.15) is 30.7 Å². The number of nitrogen functional groups attached to an aromatic ring is 1. The first-order chi connectivity index (χ1) is 12.2. The van der Waals surface area contributed by atoms with E-state index in [-0.39, 0.29) is 5.95 Å². The molecule has 0 bridgehead atoms. The molecule has 0 radical (unpaired) electrons. The molecule has 132 valence electrons. The van der Waals surface area contributed by atoms with Crippen LogP contribution in [0.25, 0.3) is 0 Å². The molecule has 1 aliphatic heterocycles. The molecule has 1 aliphatic carbocycles. The van der Waals surface area contributed by atoms with Gasteiger partial charge in [0.25, 0.3) is 0 Å². The van der Waals surface area contributed by atoms with Gasteiger partial charge in [-0.1, -0.05) is 18.2 Å². The van der Waals surface area contributed by atoms with E-state index in [1.54, 1.807) is 0 Å². The fraction of sp³-hybridized carbons (Fsp3) is 0.500. The van der Waals surface area contributed by atoms with E-state index in [2.05, 4.69) is 25.2 Å². The van der Waals surface area contributed by atoms with E-state index in [1.165, 1.54) is 12.8 Å². The van der Waals surface area contributed by atoms with Crippen LogP contribution in [-0.4, -0.2) is 45.1 Å². The molecule has 1 saturated carbocycles. The highest BCUT2D eigenvalue weighted by molar-refractivity contribution is 5.58. The van der Waals surface area contributed by atoms with E-state index in [1.807, 2.05) is 31.2 Å². The second-order valence-corrected chi connectivity index (χ2v) is 6.75. The largest absolute Gasteiger partial charge is 0.375 e. The highest BCUT2D eigenvalue weighted by Crippen LogP contribution is 2.30. The first-order valence-electron chi connectivity index (χ1n) is 8.88. The second kappa shape index (κ2) is 6.93. The summed E-state index contributed by atoms with van der Waals surface area (Å²) in [5, 5.41) is 3.25. The molecule has 0 amide bonds. The molecule has 1 saturated heterocycles. The summed E-state index contributed by atoms with van der Waals surface area (Å²) in [5.74, 6) is 1.45. The molecule has 0 unspecified atom stereocenters. The summed E-state index contributed by atoms with van der Waals surface area (Å²) >= 11 is 0. The predicted molar refractivity (Wildman–Crippen MR) is 96.5 cm³/mol. The molecule has 7 nitrogen and oxygen atoms in total. The maximum Gasteiger partial charge on any atom is 0.232 e. The Morgan fingerprint density at radius 1 is 1.24 bits per heavy atom. The summed E-state index contributed by atoms with van der Waals surface area (Å²) in [4.78, 5) is 15.6. The van der Waals surface area contributed by atoms with Gasteiger partial charge in [0.2, 0.25) is 11.9 Å². The lowest BCUT2D eigenvalue weighted by Gasteiger charge is -2.37. The summed E-state index contributed by atoms with van der Waals surface area (Å²) < 4.78 is 5.88. The van der Waals surface area contributed by atoms with Crippen molar-refractivity contribution < 1.29 is 4.74 Å². The molecule has 1 aromatic carbocycles. The number of nitrogens with two attached hydrogens (primary N) is 1. The Kier molecular flexibility index (Phi) is 4.50.